The van der Waals surface area contributed by atoms with Crippen molar-refractivity contribution in [1.82, 2.24) is 10.2 Å². The highest BCUT2D eigenvalue weighted by Gasteiger charge is 2.17. The molecule has 0 unspecified atom stereocenters. The Morgan fingerprint density at radius 3 is 2.68 bits per heavy atom. The number of nitrogens with one attached hydrogen (secondary N) is 2. The highest BCUT2D eigenvalue weighted by atomic mass is 32.2. The number of hydrogen-bond donors (Lipinski definition) is 2. The SMILES string of the molecule is CCc1ccc(NC(=O)[C@@H](C)Sc2nnc(Nc3cccc(OC)c3)s2)cc1. The van der Waals surface area contributed by atoms with Crippen molar-refractivity contribution in [2.24, 2.45) is 0 Å². The maximum absolute atomic E-state index is 12.4. The summed E-state index contributed by atoms with van der Waals surface area (Å²) in [5.41, 5.74) is 2.91. The molecule has 0 saturated carbocycles. The van der Waals surface area contributed by atoms with Crippen molar-refractivity contribution in [3.8, 4) is 5.75 Å². The van der Waals surface area contributed by atoms with Crippen molar-refractivity contribution in [2.45, 2.75) is 29.9 Å². The molecule has 0 fully saturated rings. The van der Waals surface area contributed by atoms with Crippen LogP contribution in [0.5, 0.6) is 5.75 Å². The van der Waals surface area contributed by atoms with E-state index in [2.05, 4.69) is 27.8 Å². The molecule has 1 heterocycles. The zero-order valence-corrected chi connectivity index (χ0v) is 17.6. The number of nitrogens with zero attached hydrogens (tertiary/aromatic N) is 2. The molecule has 3 aromatic rings. The molecule has 2 N–H and O–H groups in total. The predicted molar refractivity (Wildman–Crippen MR) is 116 cm³/mol. The molecule has 28 heavy (non-hydrogen) atoms. The van der Waals surface area contributed by atoms with Gasteiger partial charge in [-0.15, -0.1) is 10.2 Å². The van der Waals surface area contributed by atoms with E-state index >= 15 is 0 Å². The Morgan fingerprint density at radius 2 is 1.96 bits per heavy atom. The fraction of sp³-hybridized carbons (Fsp3) is 0.250. The van der Waals surface area contributed by atoms with Crippen LogP contribution in [0.3, 0.4) is 0 Å². The Kier molecular flexibility index (Phi) is 6.89. The van der Waals surface area contributed by atoms with Crippen molar-refractivity contribution in [1.29, 1.82) is 0 Å². The summed E-state index contributed by atoms with van der Waals surface area (Å²) in [5, 5.41) is 14.8. The Labute approximate surface area is 172 Å². The summed E-state index contributed by atoms with van der Waals surface area (Å²) in [5.74, 6) is 0.702. The average Bonchev–Trinajstić information content (AvgIpc) is 3.15. The van der Waals surface area contributed by atoms with Gasteiger partial charge >= 0.3 is 0 Å². The van der Waals surface area contributed by atoms with Gasteiger partial charge in [-0.05, 0) is 43.2 Å². The van der Waals surface area contributed by atoms with Gasteiger partial charge in [-0.2, -0.15) is 0 Å². The molecule has 0 aliphatic heterocycles. The largest absolute Gasteiger partial charge is 0.497 e. The van der Waals surface area contributed by atoms with Gasteiger partial charge in [0, 0.05) is 17.4 Å². The number of aromatic nitrogens is 2. The Bertz CT molecular complexity index is 928. The number of rotatable bonds is 8. The van der Waals surface area contributed by atoms with Gasteiger partial charge in [-0.3, -0.25) is 4.79 Å². The predicted octanol–water partition coefficient (Wildman–Crippen LogP) is 4.97. The number of carbonyl (C=O) groups is 1. The number of methoxy groups -OCH3 is 1. The monoisotopic (exact) mass is 414 g/mol. The van der Waals surface area contributed by atoms with Crippen molar-refractivity contribution in [3.05, 3.63) is 54.1 Å². The summed E-state index contributed by atoms with van der Waals surface area (Å²) >= 11 is 2.79. The van der Waals surface area contributed by atoms with Gasteiger partial charge in [0.05, 0.1) is 12.4 Å². The van der Waals surface area contributed by atoms with Crippen molar-refractivity contribution in [2.75, 3.05) is 17.7 Å². The lowest BCUT2D eigenvalue weighted by Crippen LogP contribution is -2.22. The zero-order valence-electron chi connectivity index (χ0n) is 15.9. The van der Waals surface area contributed by atoms with Crippen LogP contribution < -0.4 is 15.4 Å². The lowest BCUT2D eigenvalue weighted by Gasteiger charge is -2.10. The summed E-state index contributed by atoms with van der Waals surface area (Å²) in [4.78, 5) is 12.4. The van der Waals surface area contributed by atoms with E-state index in [0.29, 0.717) is 5.13 Å². The topological polar surface area (TPSA) is 76.1 Å². The first-order valence-electron chi connectivity index (χ1n) is 8.88. The number of benzene rings is 2. The molecule has 1 atom stereocenters. The average molecular weight is 415 g/mol. The normalized spacial score (nSPS) is 11.7. The van der Waals surface area contributed by atoms with Gasteiger partial charge in [0.1, 0.15) is 5.75 Å². The maximum atomic E-state index is 12.4. The molecular weight excluding hydrogens is 392 g/mol. The van der Waals surface area contributed by atoms with E-state index in [0.717, 1.165) is 27.9 Å². The number of hydrogen-bond acceptors (Lipinski definition) is 7. The summed E-state index contributed by atoms with van der Waals surface area (Å²) in [6.45, 7) is 3.96. The molecule has 1 amide bonds. The zero-order chi connectivity index (χ0) is 19.9. The Hall–Kier alpha value is -2.58. The molecule has 8 heteroatoms. The number of aryl methyl sites for hydroxylation is 1. The molecular formula is C20H22N4O2S2. The summed E-state index contributed by atoms with van der Waals surface area (Å²) in [7, 11) is 1.63. The second-order valence-corrected chi connectivity index (χ2v) is 8.60. The van der Waals surface area contributed by atoms with Crippen LogP contribution in [0.25, 0.3) is 0 Å². The van der Waals surface area contributed by atoms with Crippen LogP contribution in [0.1, 0.15) is 19.4 Å². The minimum Gasteiger partial charge on any atom is -0.497 e. The van der Waals surface area contributed by atoms with E-state index in [9.17, 15) is 4.79 Å². The van der Waals surface area contributed by atoms with Crippen molar-refractivity contribution >= 4 is 45.5 Å². The van der Waals surface area contributed by atoms with Gasteiger partial charge in [0.15, 0.2) is 4.34 Å². The number of carbonyl (C=O) groups excluding carboxylic acids is 1. The molecule has 1 aromatic heterocycles. The second kappa shape index (κ2) is 9.57. The molecule has 3 rings (SSSR count). The maximum Gasteiger partial charge on any atom is 0.237 e. The lowest BCUT2D eigenvalue weighted by atomic mass is 10.1. The van der Waals surface area contributed by atoms with Gasteiger partial charge in [0.25, 0.3) is 0 Å². The highest BCUT2D eigenvalue weighted by molar-refractivity contribution is 8.02. The number of anilines is 3. The third-order valence-electron chi connectivity index (χ3n) is 4.00. The molecule has 0 bridgehead atoms. The molecule has 0 radical (unpaired) electrons. The van der Waals surface area contributed by atoms with Crippen LogP contribution in [0.4, 0.5) is 16.5 Å². The van der Waals surface area contributed by atoms with E-state index in [1.807, 2.05) is 55.5 Å². The minimum atomic E-state index is -0.288. The van der Waals surface area contributed by atoms with Crippen LogP contribution in [0.15, 0.2) is 52.9 Å². The molecule has 0 spiro atoms. The fourth-order valence-electron chi connectivity index (χ4n) is 2.40. The van der Waals surface area contributed by atoms with Crippen LogP contribution in [0, 0.1) is 0 Å². The van der Waals surface area contributed by atoms with Crippen LogP contribution >= 0.6 is 23.1 Å². The Balaban J connectivity index is 1.56. The molecule has 6 nitrogen and oxygen atoms in total. The van der Waals surface area contributed by atoms with E-state index in [-0.39, 0.29) is 11.2 Å². The third-order valence-corrected chi connectivity index (χ3v) is 6.03. The quantitative estimate of drug-likeness (QED) is 0.507. The highest BCUT2D eigenvalue weighted by Crippen LogP contribution is 2.31. The van der Waals surface area contributed by atoms with Crippen molar-refractivity contribution in [3.63, 3.8) is 0 Å². The molecule has 2 aromatic carbocycles. The van der Waals surface area contributed by atoms with Gasteiger partial charge in [-0.25, -0.2) is 0 Å². The molecule has 0 aliphatic carbocycles. The minimum absolute atomic E-state index is 0.0632. The van der Waals surface area contributed by atoms with Crippen LogP contribution in [-0.2, 0) is 11.2 Å². The van der Waals surface area contributed by atoms with E-state index in [1.165, 1.54) is 28.7 Å². The van der Waals surface area contributed by atoms with Crippen LogP contribution in [-0.4, -0.2) is 28.5 Å². The first-order chi connectivity index (χ1) is 13.6. The number of thioether (sulfide) groups is 1. The van der Waals surface area contributed by atoms with Crippen molar-refractivity contribution < 1.29 is 9.53 Å². The lowest BCUT2D eigenvalue weighted by molar-refractivity contribution is -0.115. The molecule has 0 saturated heterocycles. The van der Waals surface area contributed by atoms with E-state index < -0.39 is 0 Å². The number of amides is 1. The van der Waals surface area contributed by atoms with Gasteiger partial charge in [-0.1, -0.05) is 48.2 Å². The summed E-state index contributed by atoms with van der Waals surface area (Å²) in [6, 6.07) is 15.5. The summed E-state index contributed by atoms with van der Waals surface area (Å²) in [6.07, 6.45) is 0.976. The number of ether oxygens (including phenoxy) is 1. The molecule has 0 aliphatic rings. The Morgan fingerprint density at radius 1 is 1.18 bits per heavy atom. The second-order valence-electron chi connectivity index (χ2n) is 6.03. The van der Waals surface area contributed by atoms with Gasteiger partial charge < -0.3 is 15.4 Å². The van der Waals surface area contributed by atoms with Gasteiger partial charge in [0.2, 0.25) is 11.0 Å². The first-order valence-corrected chi connectivity index (χ1v) is 10.6. The first kappa shape index (κ1) is 20.2. The third kappa shape index (κ3) is 5.46. The summed E-state index contributed by atoms with van der Waals surface area (Å²) < 4.78 is 5.95. The molecule has 146 valence electrons. The van der Waals surface area contributed by atoms with E-state index in [4.69, 9.17) is 4.74 Å². The smallest absolute Gasteiger partial charge is 0.237 e. The van der Waals surface area contributed by atoms with E-state index in [1.54, 1.807) is 7.11 Å². The van der Waals surface area contributed by atoms with Crippen LogP contribution in [0.2, 0.25) is 0 Å². The standard InChI is InChI=1S/C20H22N4O2S2/c1-4-14-8-10-15(11-9-14)21-18(25)13(2)27-20-24-23-19(28-20)22-16-6-5-7-17(12-16)26-3/h5-13H,4H2,1-3H3,(H,21,25)(H,22,23)/t13-/m1/s1. The fourth-order valence-corrected chi connectivity index (χ4v) is 4.32.